The molecule has 0 saturated carbocycles. The lowest BCUT2D eigenvalue weighted by Crippen LogP contribution is -2.29. The summed E-state index contributed by atoms with van der Waals surface area (Å²) in [5, 5.41) is 20.6. The van der Waals surface area contributed by atoms with Crippen molar-refractivity contribution in [3.63, 3.8) is 0 Å². The van der Waals surface area contributed by atoms with Crippen LogP contribution in [0.5, 0.6) is 0 Å². The van der Waals surface area contributed by atoms with Gasteiger partial charge in [0.15, 0.2) is 0 Å². The molecule has 0 radical (unpaired) electrons. The number of amides is 1. The van der Waals surface area contributed by atoms with Crippen LogP contribution in [-0.4, -0.2) is 22.7 Å². The molecule has 0 bridgehead atoms. The summed E-state index contributed by atoms with van der Waals surface area (Å²) < 4.78 is 10.7. The average molecular weight is 346 g/mol. The predicted octanol–water partition coefficient (Wildman–Crippen LogP) is 3.01. The number of aryl methyl sites for hydroxylation is 2. The largest absolute Gasteiger partial charge is 0.458 e. The van der Waals surface area contributed by atoms with Crippen molar-refractivity contribution in [2.75, 3.05) is 6.54 Å². The van der Waals surface area contributed by atoms with E-state index in [0.717, 1.165) is 11.1 Å². The van der Waals surface area contributed by atoms with Crippen LogP contribution < -0.4 is 5.32 Å². The molecule has 0 aliphatic rings. The zero-order valence-corrected chi connectivity index (χ0v) is 14.2. The number of carbonyl (C=O) groups is 1. The summed E-state index contributed by atoms with van der Waals surface area (Å²) in [5.74, 6) is 1.56. The van der Waals surface area contributed by atoms with Crippen LogP contribution in [0.4, 0.5) is 0 Å². The molecule has 3 heterocycles. The normalized spacial score (nSPS) is 12.3. The Hall–Kier alpha value is -2.38. The highest BCUT2D eigenvalue weighted by molar-refractivity contribution is 7.08. The number of thiophene rings is 1. The predicted molar refractivity (Wildman–Crippen MR) is 89.7 cm³/mol. The molecule has 3 rings (SSSR count). The monoisotopic (exact) mass is 346 g/mol. The van der Waals surface area contributed by atoms with Gasteiger partial charge in [0.2, 0.25) is 5.91 Å². The van der Waals surface area contributed by atoms with E-state index in [1.54, 1.807) is 31.3 Å². The summed E-state index contributed by atoms with van der Waals surface area (Å²) in [5.41, 5.74) is 2.45. The molecule has 1 amide bonds. The quantitative estimate of drug-likeness (QED) is 0.716. The maximum absolute atomic E-state index is 12.0. The van der Waals surface area contributed by atoms with Crippen molar-refractivity contribution >= 4 is 17.2 Å². The Kier molecular flexibility index (Phi) is 4.82. The molecule has 0 saturated heterocycles. The number of hydrogen-bond donors (Lipinski definition) is 2. The van der Waals surface area contributed by atoms with E-state index >= 15 is 0 Å². The van der Waals surface area contributed by atoms with Crippen LogP contribution >= 0.6 is 11.3 Å². The summed E-state index contributed by atoms with van der Waals surface area (Å²) in [4.78, 5) is 12.0. The molecule has 7 heteroatoms. The topological polar surface area (TPSA) is 88.5 Å². The highest BCUT2D eigenvalue weighted by atomic mass is 32.1. The minimum absolute atomic E-state index is 0.0821. The Morgan fingerprint density at radius 1 is 1.38 bits per heavy atom. The number of aliphatic hydroxyl groups excluding tert-OH is 1. The van der Waals surface area contributed by atoms with Crippen molar-refractivity contribution < 1.29 is 18.8 Å². The third-order valence-corrected chi connectivity index (χ3v) is 4.46. The third-order valence-electron chi connectivity index (χ3n) is 3.77. The number of hydrogen-bond acceptors (Lipinski definition) is 6. The molecule has 0 fully saturated rings. The lowest BCUT2D eigenvalue weighted by atomic mass is 10.1. The minimum atomic E-state index is -0.897. The molecule has 0 spiro atoms. The van der Waals surface area contributed by atoms with Crippen LogP contribution in [0.25, 0.3) is 11.3 Å². The first kappa shape index (κ1) is 16.5. The van der Waals surface area contributed by atoms with Gasteiger partial charge in [0.05, 0.1) is 18.7 Å². The Morgan fingerprint density at radius 3 is 2.88 bits per heavy atom. The first-order valence-corrected chi connectivity index (χ1v) is 8.47. The standard InChI is InChI=1S/C17H18N2O4S/c1-10-13(11(2)23-19-10)7-17(21)18-8-14(20)16-4-3-15(22-16)12-5-6-24-9-12/h3-6,9,14,20H,7-8H2,1-2H3,(H,18,21). The van der Waals surface area contributed by atoms with Crippen LogP contribution in [-0.2, 0) is 11.2 Å². The summed E-state index contributed by atoms with van der Waals surface area (Å²) in [6.07, 6.45) is -0.724. The van der Waals surface area contributed by atoms with E-state index in [2.05, 4.69) is 10.5 Å². The van der Waals surface area contributed by atoms with Crippen molar-refractivity contribution in [2.24, 2.45) is 0 Å². The van der Waals surface area contributed by atoms with Crippen molar-refractivity contribution in [2.45, 2.75) is 26.4 Å². The Balaban J connectivity index is 1.55. The molecular weight excluding hydrogens is 328 g/mol. The molecule has 0 aliphatic heterocycles. The zero-order valence-electron chi connectivity index (χ0n) is 13.4. The number of aliphatic hydroxyl groups is 1. The molecule has 3 aromatic heterocycles. The van der Waals surface area contributed by atoms with E-state index in [-0.39, 0.29) is 18.9 Å². The molecule has 6 nitrogen and oxygen atoms in total. The fourth-order valence-corrected chi connectivity index (χ4v) is 3.03. The third kappa shape index (κ3) is 3.58. The highest BCUT2D eigenvalue weighted by Crippen LogP contribution is 2.26. The van der Waals surface area contributed by atoms with Gasteiger partial charge in [-0.3, -0.25) is 4.79 Å². The van der Waals surface area contributed by atoms with Gasteiger partial charge >= 0.3 is 0 Å². The number of nitrogens with zero attached hydrogens (tertiary/aromatic N) is 1. The number of rotatable bonds is 6. The number of aromatic nitrogens is 1. The SMILES string of the molecule is Cc1noc(C)c1CC(=O)NCC(O)c1ccc(-c2ccsc2)o1. The number of carbonyl (C=O) groups excluding carboxylic acids is 1. The fraction of sp³-hybridized carbons (Fsp3) is 0.294. The van der Waals surface area contributed by atoms with E-state index in [0.29, 0.717) is 23.0 Å². The molecule has 0 aliphatic carbocycles. The summed E-state index contributed by atoms with van der Waals surface area (Å²) >= 11 is 1.58. The maximum atomic E-state index is 12.0. The molecule has 1 unspecified atom stereocenters. The molecule has 3 aromatic rings. The van der Waals surface area contributed by atoms with Crippen LogP contribution in [0.15, 0.2) is 37.9 Å². The van der Waals surface area contributed by atoms with Crippen LogP contribution in [0.3, 0.4) is 0 Å². The molecule has 2 N–H and O–H groups in total. The van der Waals surface area contributed by atoms with Gasteiger partial charge in [-0.15, -0.1) is 0 Å². The van der Waals surface area contributed by atoms with Gasteiger partial charge in [0.1, 0.15) is 23.4 Å². The van der Waals surface area contributed by atoms with Crippen LogP contribution in [0.2, 0.25) is 0 Å². The summed E-state index contributed by atoms with van der Waals surface area (Å²) in [6.45, 7) is 3.65. The smallest absolute Gasteiger partial charge is 0.224 e. The molecule has 126 valence electrons. The van der Waals surface area contributed by atoms with Gasteiger partial charge in [0, 0.05) is 16.5 Å². The minimum Gasteiger partial charge on any atom is -0.458 e. The van der Waals surface area contributed by atoms with Crippen molar-refractivity contribution in [1.29, 1.82) is 0 Å². The molecule has 24 heavy (non-hydrogen) atoms. The van der Waals surface area contributed by atoms with Gasteiger partial charge in [-0.1, -0.05) is 5.16 Å². The fourth-order valence-electron chi connectivity index (χ4n) is 2.38. The van der Waals surface area contributed by atoms with E-state index in [1.165, 1.54) is 0 Å². The van der Waals surface area contributed by atoms with Crippen molar-refractivity contribution in [3.8, 4) is 11.3 Å². The maximum Gasteiger partial charge on any atom is 0.224 e. The van der Waals surface area contributed by atoms with Gasteiger partial charge in [-0.2, -0.15) is 11.3 Å². The lowest BCUT2D eigenvalue weighted by molar-refractivity contribution is -0.121. The molecular formula is C17H18N2O4S. The summed E-state index contributed by atoms with van der Waals surface area (Å²) in [7, 11) is 0. The second kappa shape index (κ2) is 7.02. The number of furan rings is 1. The summed E-state index contributed by atoms with van der Waals surface area (Å²) in [6, 6.07) is 5.48. The van der Waals surface area contributed by atoms with Crippen molar-refractivity contribution in [3.05, 3.63) is 51.7 Å². The first-order valence-electron chi connectivity index (χ1n) is 7.53. The van der Waals surface area contributed by atoms with Gasteiger partial charge < -0.3 is 19.4 Å². The zero-order chi connectivity index (χ0) is 17.1. The van der Waals surface area contributed by atoms with Crippen LogP contribution in [0.1, 0.15) is 28.9 Å². The lowest BCUT2D eigenvalue weighted by Gasteiger charge is -2.09. The van der Waals surface area contributed by atoms with E-state index in [4.69, 9.17) is 8.94 Å². The van der Waals surface area contributed by atoms with Gasteiger partial charge in [-0.25, -0.2) is 0 Å². The Bertz CT molecular complexity index is 800. The second-order valence-corrected chi connectivity index (χ2v) is 6.29. The first-order chi connectivity index (χ1) is 11.5. The Morgan fingerprint density at radius 2 is 2.21 bits per heavy atom. The average Bonchev–Trinajstić information content (AvgIpc) is 3.29. The molecule has 1 atom stereocenters. The Labute approximate surface area is 143 Å². The second-order valence-electron chi connectivity index (χ2n) is 5.51. The van der Waals surface area contributed by atoms with E-state index < -0.39 is 6.10 Å². The van der Waals surface area contributed by atoms with Gasteiger partial charge in [0.25, 0.3) is 0 Å². The van der Waals surface area contributed by atoms with Crippen LogP contribution in [0, 0.1) is 13.8 Å². The van der Waals surface area contributed by atoms with E-state index in [1.807, 2.05) is 22.9 Å². The molecule has 0 aromatic carbocycles. The number of nitrogens with one attached hydrogen (secondary N) is 1. The highest BCUT2D eigenvalue weighted by Gasteiger charge is 2.17. The van der Waals surface area contributed by atoms with Gasteiger partial charge in [-0.05, 0) is 37.4 Å². The van der Waals surface area contributed by atoms with Crippen molar-refractivity contribution in [1.82, 2.24) is 10.5 Å². The van der Waals surface area contributed by atoms with E-state index in [9.17, 15) is 9.90 Å².